The molecule has 2 aromatic carbocycles. The third kappa shape index (κ3) is 3.67. The normalized spacial score (nSPS) is 11.9. The molecular formula is C16H15BrO2. The lowest BCUT2D eigenvalue weighted by atomic mass is 9.92. The number of carbonyl (C=O) groups is 1. The highest BCUT2D eigenvalue weighted by Gasteiger charge is 2.21. The molecular weight excluding hydrogens is 304 g/mol. The van der Waals surface area contributed by atoms with Crippen LogP contribution in [0.2, 0.25) is 0 Å². The average molecular weight is 319 g/mol. The number of benzene rings is 2. The van der Waals surface area contributed by atoms with Gasteiger partial charge in [-0.1, -0.05) is 58.4 Å². The predicted octanol–water partition coefficient (Wildman–Crippen LogP) is 3.95. The van der Waals surface area contributed by atoms with Crippen LogP contribution in [0.5, 0.6) is 0 Å². The van der Waals surface area contributed by atoms with Gasteiger partial charge in [-0.25, -0.2) is 0 Å². The Balaban J connectivity index is 2.24. The molecule has 98 valence electrons. The van der Waals surface area contributed by atoms with Gasteiger partial charge in [0.25, 0.3) is 0 Å². The molecule has 0 saturated heterocycles. The van der Waals surface area contributed by atoms with Crippen molar-refractivity contribution in [2.45, 2.75) is 12.3 Å². The minimum atomic E-state index is -0.257. The zero-order valence-electron chi connectivity index (χ0n) is 10.7. The molecule has 3 heteroatoms. The van der Waals surface area contributed by atoms with E-state index in [-0.39, 0.29) is 11.9 Å². The van der Waals surface area contributed by atoms with Crippen molar-refractivity contribution < 1.29 is 9.53 Å². The van der Waals surface area contributed by atoms with E-state index in [4.69, 9.17) is 4.74 Å². The molecule has 1 unspecified atom stereocenters. The number of ether oxygens (including phenoxy) is 1. The molecule has 0 radical (unpaired) electrons. The topological polar surface area (TPSA) is 26.3 Å². The molecule has 0 aromatic heterocycles. The molecule has 0 N–H and O–H groups in total. The van der Waals surface area contributed by atoms with Crippen molar-refractivity contribution in [3.8, 4) is 0 Å². The number of hydrogen-bond donors (Lipinski definition) is 0. The maximum Gasteiger partial charge on any atom is 0.313 e. The van der Waals surface area contributed by atoms with E-state index >= 15 is 0 Å². The van der Waals surface area contributed by atoms with Gasteiger partial charge in [-0.2, -0.15) is 0 Å². The van der Waals surface area contributed by atoms with Gasteiger partial charge in [-0.05, 0) is 29.7 Å². The summed E-state index contributed by atoms with van der Waals surface area (Å²) in [6.45, 7) is 0. The summed E-state index contributed by atoms with van der Waals surface area (Å²) in [7, 11) is 1.43. The van der Waals surface area contributed by atoms with Gasteiger partial charge in [0.05, 0.1) is 13.0 Å². The number of rotatable bonds is 4. The summed E-state index contributed by atoms with van der Waals surface area (Å²) in [4.78, 5) is 12.0. The van der Waals surface area contributed by atoms with Crippen LogP contribution in [0.3, 0.4) is 0 Å². The highest BCUT2D eigenvalue weighted by molar-refractivity contribution is 9.10. The number of esters is 1. The smallest absolute Gasteiger partial charge is 0.313 e. The van der Waals surface area contributed by atoms with Crippen LogP contribution in [0, 0.1) is 0 Å². The zero-order chi connectivity index (χ0) is 13.7. The van der Waals surface area contributed by atoms with E-state index in [1.165, 1.54) is 7.11 Å². The minimum absolute atomic E-state index is 0.200. The molecule has 0 bridgehead atoms. The first-order valence-electron chi connectivity index (χ1n) is 6.08. The largest absolute Gasteiger partial charge is 0.469 e. The summed E-state index contributed by atoms with van der Waals surface area (Å²) >= 11 is 3.41. The Labute approximate surface area is 121 Å². The fraction of sp³-hybridized carbons (Fsp3) is 0.188. The van der Waals surface area contributed by atoms with E-state index in [1.807, 2.05) is 54.6 Å². The molecule has 0 aliphatic carbocycles. The van der Waals surface area contributed by atoms with Gasteiger partial charge < -0.3 is 4.74 Å². The lowest BCUT2D eigenvalue weighted by Gasteiger charge is -2.15. The van der Waals surface area contributed by atoms with Crippen LogP contribution in [0.25, 0.3) is 0 Å². The summed E-state index contributed by atoms with van der Waals surface area (Å²) in [6.07, 6.45) is 0.643. The van der Waals surface area contributed by atoms with Gasteiger partial charge in [0.1, 0.15) is 0 Å². The van der Waals surface area contributed by atoms with Gasteiger partial charge in [0, 0.05) is 4.47 Å². The standard InChI is InChI=1S/C16H15BrO2/c1-19-16(18)15(13-5-3-2-4-6-13)11-12-7-9-14(17)10-8-12/h2-10,15H,11H2,1H3. The molecule has 2 aromatic rings. The van der Waals surface area contributed by atoms with Crippen molar-refractivity contribution in [3.63, 3.8) is 0 Å². The molecule has 0 spiro atoms. The quantitative estimate of drug-likeness (QED) is 0.798. The first-order valence-corrected chi connectivity index (χ1v) is 6.87. The van der Waals surface area contributed by atoms with E-state index in [9.17, 15) is 4.79 Å². The molecule has 0 fully saturated rings. The fourth-order valence-electron chi connectivity index (χ4n) is 2.02. The Morgan fingerprint density at radius 2 is 1.74 bits per heavy atom. The summed E-state index contributed by atoms with van der Waals surface area (Å²) < 4.78 is 5.95. The lowest BCUT2D eigenvalue weighted by molar-refractivity contribution is -0.142. The first kappa shape index (κ1) is 13.8. The van der Waals surface area contributed by atoms with Crippen molar-refractivity contribution in [3.05, 3.63) is 70.2 Å². The van der Waals surface area contributed by atoms with Crippen LogP contribution in [0.4, 0.5) is 0 Å². The number of hydrogen-bond acceptors (Lipinski definition) is 2. The Kier molecular flexibility index (Phi) is 4.74. The van der Waals surface area contributed by atoms with E-state index in [1.54, 1.807) is 0 Å². The Morgan fingerprint density at radius 1 is 1.11 bits per heavy atom. The van der Waals surface area contributed by atoms with Crippen LogP contribution in [0.15, 0.2) is 59.1 Å². The second-order valence-corrected chi connectivity index (χ2v) is 5.23. The van der Waals surface area contributed by atoms with E-state index in [2.05, 4.69) is 15.9 Å². The minimum Gasteiger partial charge on any atom is -0.469 e. The lowest BCUT2D eigenvalue weighted by Crippen LogP contribution is -2.16. The molecule has 0 aliphatic heterocycles. The highest BCUT2D eigenvalue weighted by atomic mass is 79.9. The van der Waals surface area contributed by atoms with Crippen molar-refractivity contribution in [2.24, 2.45) is 0 Å². The maximum atomic E-state index is 12.0. The molecule has 0 aliphatic rings. The third-order valence-corrected chi connectivity index (χ3v) is 3.57. The Hall–Kier alpha value is -1.61. The number of halogens is 1. The van der Waals surface area contributed by atoms with Gasteiger partial charge in [0.2, 0.25) is 0 Å². The number of carbonyl (C=O) groups excluding carboxylic acids is 1. The molecule has 2 rings (SSSR count). The Morgan fingerprint density at radius 3 is 2.32 bits per heavy atom. The Bertz CT molecular complexity index is 534. The zero-order valence-corrected chi connectivity index (χ0v) is 12.3. The maximum absolute atomic E-state index is 12.0. The van der Waals surface area contributed by atoms with E-state index < -0.39 is 0 Å². The van der Waals surface area contributed by atoms with Crippen molar-refractivity contribution in [1.82, 2.24) is 0 Å². The number of methoxy groups -OCH3 is 1. The van der Waals surface area contributed by atoms with Crippen molar-refractivity contribution in [2.75, 3.05) is 7.11 Å². The van der Waals surface area contributed by atoms with Crippen LogP contribution in [0.1, 0.15) is 17.0 Å². The second kappa shape index (κ2) is 6.53. The summed E-state index contributed by atoms with van der Waals surface area (Å²) in [5, 5.41) is 0. The third-order valence-electron chi connectivity index (χ3n) is 3.04. The average Bonchev–Trinajstić information content (AvgIpc) is 2.47. The summed E-state index contributed by atoms with van der Waals surface area (Å²) in [5.41, 5.74) is 2.10. The SMILES string of the molecule is COC(=O)C(Cc1ccc(Br)cc1)c1ccccc1. The molecule has 0 saturated carbocycles. The van der Waals surface area contributed by atoms with Crippen molar-refractivity contribution >= 4 is 21.9 Å². The van der Waals surface area contributed by atoms with Crippen LogP contribution < -0.4 is 0 Å². The van der Waals surface area contributed by atoms with Crippen LogP contribution in [-0.2, 0) is 16.0 Å². The molecule has 2 nitrogen and oxygen atoms in total. The van der Waals surface area contributed by atoms with Gasteiger partial charge in [-0.15, -0.1) is 0 Å². The highest BCUT2D eigenvalue weighted by Crippen LogP contribution is 2.23. The molecule has 0 heterocycles. The van der Waals surface area contributed by atoms with Crippen LogP contribution >= 0.6 is 15.9 Å². The van der Waals surface area contributed by atoms with Crippen molar-refractivity contribution in [1.29, 1.82) is 0 Å². The monoisotopic (exact) mass is 318 g/mol. The first-order chi connectivity index (χ1) is 9.20. The predicted molar refractivity (Wildman–Crippen MR) is 79.0 cm³/mol. The van der Waals surface area contributed by atoms with Gasteiger partial charge >= 0.3 is 5.97 Å². The summed E-state index contributed by atoms with van der Waals surface area (Å²) in [6, 6.07) is 17.7. The van der Waals surface area contributed by atoms with Crippen LogP contribution in [-0.4, -0.2) is 13.1 Å². The van der Waals surface area contributed by atoms with Gasteiger partial charge in [-0.3, -0.25) is 4.79 Å². The van der Waals surface area contributed by atoms with E-state index in [0.717, 1.165) is 15.6 Å². The molecule has 1 atom stereocenters. The van der Waals surface area contributed by atoms with Gasteiger partial charge in [0.15, 0.2) is 0 Å². The fourth-order valence-corrected chi connectivity index (χ4v) is 2.29. The summed E-state index contributed by atoms with van der Waals surface area (Å²) in [5.74, 6) is -0.457. The second-order valence-electron chi connectivity index (χ2n) is 4.32. The molecule has 0 amide bonds. The van der Waals surface area contributed by atoms with E-state index in [0.29, 0.717) is 6.42 Å². The molecule has 19 heavy (non-hydrogen) atoms.